The quantitative estimate of drug-likeness (QED) is 0.781. The SMILES string of the molecule is Cc1ccc(-c2c(C)nc3c(c2C(OC(C)(C)C)C(=O)O)CCCN3)cc1C. The zero-order chi connectivity index (χ0) is 20.6. The summed E-state index contributed by atoms with van der Waals surface area (Å²) >= 11 is 0. The van der Waals surface area contributed by atoms with Gasteiger partial charge in [0.25, 0.3) is 0 Å². The highest BCUT2D eigenvalue weighted by molar-refractivity contribution is 5.84. The zero-order valence-electron chi connectivity index (χ0n) is 17.6. The lowest BCUT2D eigenvalue weighted by molar-refractivity contribution is -0.160. The summed E-state index contributed by atoms with van der Waals surface area (Å²) in [6, 6.07) is 6.24. The number of carboxylic acids is 1. The van der Waals surface area contributed by atoms with Gasteiger partial charge in [0.1, 0.15) is 5.82 Å². The molecule has 2 heterocycles. The van der Waals surface area contributed by atoms with E-state index in [1.54, 1.807) is 0 Å². The lowest BCUT2D eigenvalue weighted by Crippen LogP contribution is -2.30. The fourth-order valence-corrected chi connectivity index (χ4v) is 3.77. The van der Waals surface area contributed by atoms with Gasteiger partial charge in [-0.25, -0.2) is 9.78 Å². The van der Waals surface area contributed by atoms with E-state index in [0.717, 1.165) is 53.2 Å². The van der Waals surface area contributed by atoms with Gasteiger partial charge >= 0.3 is 5.97 Å². The van der Waals surface area contributed by atoms with Gasteiger partial charge in [-0.05, 0) is 71.1 Å². The van der Waals surface area contributed by atoms with Crippen molar-refractivity contribution < 1.29 is 14.6 Å². The van der Waals surface area contributed by atoms with Gasteiger partial charge in [0.05, 0.1) is 5.60 Å². The van der Waals surface area contributed by atoms with Gasteiger partial charge in [-0.15, -0.1) is 0 Å². The Kier molecular flexibility index (Phi) is 5.48. The molecule has 5 heteroatoms. The first-order valence-corrected chi connectivity index (χ1v) is 9.84. The molecule has 2 N–H and O–H groups in total. The van der Waals surface area contributed by atoms with Gasteiger partial charge in [-0.3, -0.25) is 0 Å². The Morgan fingerprint density at radius 2 is 1.93 bits per heavy atom. The topological polar surface area (TPSA) is 71.5 Å². The van der Waals surface area contributed by atoms with E-state index >= 15 is 0 Å². The molecule has 1 unspecified atom stereocenters. The fourth-order valence-electron chi connectivity index (χ4n) is 3.77. The van der Waals surface area contributed by atoms with E-state index in [1.165, 1.54) is 11.1 Å². The number of aryl methyl sites for hydroxylation is 3. The van der Waals surface area contributed by atoms with E-state index in [0.29, 0.717) is 0 Å². The van der Waals surface area contributed by atoms with E-state index in [4.69, 9.17) is 9.72 Å². The summed E-state index contributed by atoms with van der Waals surface area (Å²) in [7, 11) is 0. The first kappa shape index (κ1) is 20.3. The van der Waals surface area contributed by atoms with Crippen LogP contribution in [0.1, 0.15) is 61.2 Å². The summed E-state index contributed by atoms with van der Waals surface area (Å²) in [6.07, 6.45) is 0.686. The monoisotopic (exact) mass is 382 g/mol. The third-order valence-corrected chi connectivity index (χ3v) is 5.17. The Morgan fingerprint density at radius 1 is 1.21 bits per heavy atom. The molecule has 3 rings (SSSR count). The number of pyridine rings is 1. The second-order valence-corrected chi connectivity index (χ2v) is 8.59. The van der Waals surface area contributed by atoms with E-state index in [2.05, 4.69) is 37.4 Å². The normalized spacial score (nSPS) is 14.9. The van der Waals surface area contributed by atoms with E-state index in [-0.39, 0.29) is 0 Å². The second-order valence-electron chi connectivity index (χ2n) is 8.59. The number of benzene rings is 1. The summed E-state index contributed by atoms with van der Waals surface area (Å²) < 4.78 is 6.07. The molecule has 1 aliphatic rings. The van der Waals surface area contributed by atoms with Gasteiger partial charge in [0.2, 0.25) is 0 Å². The average Bonchev–Trinajstić information content (AvgIpc) is 2.60. The number of ether oxygens (including phenoxy) is 1. The molecule has 1 atom stereocenters. The maximum atomic E-state index is 12.3. The number of hydrogen-bond acceptors (Lipinski definition) is 4. The second kappa shape index (κ2) is 7.55. The number of anilines is 1. The summed E-state index contributed by atoms with van der Waals surface area (Å²) in [4.78, 5) is 17.1. The van der Waals surface area contributed by atoms with E-state index in [9.17, 15) is 9.90 Å². The van der Waals surface area contributed by atoms with Crippen molar-refractivity contribution in [1.29, 1.82) is 0 Å². The van der Waals surface area contributed by atoms with Crippen LogP contribution in [0.5, 0.6) is 0 Å². The van der Waals surface area contributed by atoms with Crippen molar-refractivity contribution in [3.8, 4) is 11.1 Å². The van der Waals surface area contributed by atoms with Crippen LogP contribution < -0.4 is 5.32 Å². The van der Waals surface area contributed by atoms with Crippen LogP contribution in [0.15, 0.2) is 18.2 Å². The van der Waals surface area contributed by atoms with E-state index < -0.39 is 17.7 Å². The van der Waals surface area contributed by atoms with Gasteiger partial charge < -0.3 is 15.2 Å². The maximum absolute atomic E-state index is 12.3. The molecule has 1 aromatic heterocycles. The predicted molar refractivity (Wildman–Crippen MR) is 112 cm³/mol. The molecule has 0 saturated carbocycles. The lowest BCUT2D eigenvalue weighted by atomic mass is 9.87. The molecule has 5 nitrogen and oxygen atoms in total. The molecule has 0 spiro atoms. The van der Waals surface area contributed by atoms with Gasteiger partial charge in [-0.1, -0.05) is 18.2 Å². The van der Waals surface area contributed by atoms with Crippen LogP contribution in [0.2, 0.25) is 0 Å². The number of aromatic nitrogens is 1. The van der Waals surface area contributed by atoms with Gasteiger partial charge in [0.15, 0.2) is 6.10 Å². The molecule has 150 valence electrons. The van der Waals surface area contributed by atoms with Gasteiger partial charge in [0, 0.05) is 28.9 Å². The highest BCUT2D eigenvalue weighted by Crippen LogP contribution is 2.41. The van der Waals surface area contributed by atoms with Crippen LogP contribution in [0.3, 0.4) is 0 Å². The predicted octanol–water partition coefficient (Wildman–Crippen LogP) is 4.97. The zero-order valence-corrected chi connectivity index (χ0v) is 17.6. The highest BCUT2D eigenvalue weighted by atomic mass is 16.5. The molecule has 0 bridgehead atoms. The van der Waals surface area contributed by atoms with Crippen LogP contribution in [0, 0.1) is 20.8 Å². The van der Waals surface area contributed by atoms with Crippen LogP contribution in [0.25, 0.3) is 11.1 Å². The van der Waals surface area contributed by atoms with Crippen molar-refractivity contribution in [2.45, 2.75) is 66.1 Å². The smallest absolute Gasteiger partial charge is 0.337 e. The number of rotatable bonds is 4. The molecule has 0 saturated heterocycles. The van der Waals surface area contributed by atoms with Crippen LogP contribution in [-0.4, -0.2) is 28.2 Å². The van der Waals surface area contributed by atoms with Gasteiger partial charge in [-0.2, -0.15) is 0 Å². The number of carbonyl (C=O) groups is 1. The molecule has 0 amide bonds. The molecular weight excluding hydrogens is 352 g/mol. The molecule has 0 aliphatic carbocycles. The number of hydrogen-bond donors (Lipinski definition) is 2. The summed E-state index contributed by atoms with van der Waals surface area (Å²) in [6.45, 7) is 12.6. The molecule has 2 aromatic rings. The first-order chi connectivity index (χ1) is 13.1. The Bertz CT molecular complexity index is 913. The number of nitrogens with one attached hydrogen (secondary N) is 1. The Balaban J connectivity index is 2.32. The Morgan fingerprint density at radius 3 is 2.54 bits per heavy atom. The fraction of sp³-hybridized carbons (Fsp3) is 0.478. The summed E-state index contributed by atoms with van der Waals surface area (Å²) in [5, 5.41) is 13.4. The standard InChI is InChI=1S/C23H30N2O3/c1-13-9-10-16(12-14(13)2)18-15(3)25-21-17(8-7-11-24-21)19(18)20(22(26)27)28-23(4,5)6/h9-10,12,20H,7-8,11H2,1-6H3,(H,24,25)(H,26,27). The first-order valence-electron chi connectivity index (χ1n) is 9.84. The third-order valence-electron chi connectivity index (χ3n) is 5.17. The highest BCUT2D eigenvalue weighted by Gasteiger charge is 2.34. The van der Waals surface area contributed by atoms with Crippen LogP contribution in [-0.2, 0) is 16.0 Å². The summed E-state index contributed by atoms with van der Waals surface area (Å²) in [5.74, 6) is -0.187. The van der Waals surface area contributed by atoms with Crippen molar-refractivity contribution in [1.82, 2.24) is 4.98 Å². The Hall–Kier alpha value is -2.40. The van der Waals surface area contributed by atoms with Crippen molar-refractivity contribution in [2.24, 2.45) is 0 Å². The average molecular weight is 383 g/mol. The van der Waals surface area contributed by atoms with Crippen LogP contribution >= 0.6 is 0 Å². The molecular formula is C23H30N2O3. The van der Waals surface area contributed by atoms with Crippen molar-refractivity contribution in [3.63, 3.8) is 0 Å². The minimum absolute atomic E-state index is 0.588. The number of carboxylic acid groups (broad SMARTS) is 1. The van der Waals surface area contributed by atoms with Crippen molar-refractivity contribution >= 4 is 11.8 Å². The van der Waals surface area contributed by atoms with Crippen molar-refractivity contribution in [3.05, 3.63) is 46.1 Å². The maximum Gasteiger partial charge on any atom is 0.337 e. The minimum atomic E-state index is -1.05. The number of nitrogens with zero attached hydrogens (tertiary/aromatic N) is 1. The minimum Gasteiger partial charge on any atom is -0.479 e. The van der Waals surface area contributed by atoms with Crippen molar-refractivity contribution in [2.75, 3.05) is 11.9 Å². The lowest BCUT2D eigenvalue weighted by Gasteiger charge is -2.31. The number of fused-ring (bicyclic) bond motifs is 1. The molecule has 1 aromatic carbocycles. The third kappa shape index (κ3) is 4.04. The molecule has 0 fully saturated rings. The summed E-state index contributed by atoms with van der Waals surface area (Å²) in [5.41, 5.74) is 6.16. The molecule has 28 heavy (non-hydrogen) atoms. The molecule has 1 aliphatic heterocycles. The Labute approximate surface area is 167 Å². The van der Waals surface area contributed by atoms with E-state index in [1.807, 2.05) is 27.7 Å². The molecule has 0 radical (unpaired) electrons. The van der Waals surface area contributed by atoms with Crippen LogP contribution in [0.4, 0.5) is 5.82 Å². The number of aliphatic carboxylic acids is 1. The largest absolute Gasteiger partial charge is 0.479 e.